The van der Waals surface area contributed by atoms with Crippen LogP contribution in [0.3, 0.4) is 0 Å². The Morgan fingerprint density at radius 1 is 0.800 bits per heavy atom. The van der Waals surface area contributed by atoms with E-state index in [2.05, 4.69) is 58.8 Å². The molecular weight excluding hydrogens is 628 g/mol. The van der Waals surface area contributed by atoms with Gasteiger partial charge in [-0.05, 0) is 135 Å². The fraction of sp³-hybridized carbons (Fsp3) is 0.881. The summed E-state index contributed by atoms with van der Waals surface area (Å²) in [4.78, 5) is 37.0. The number of aliphatic carboxylic acids is 1. The van der Waals surface area contributed by atoms with Crippen molar-refractivity contribution in [2.75, 3.05) is 13.1 Å². The molecule has 0 aliphatic heterocycles. The molecule has 50 heavy (non-hydrogen) atoms. The molecule has 8 heteroatoms. The van der Waals surface area contributed by atoms with Crippen molar-refractivity contribution in [2.24, 2.45) is 56.7 Å². The number of carboxylic acids is 1. The van der Waals surface area contributed by atoms with Gasteiger partial charge in [-0.3, -0.25) is 14.4 Å². The van der Waals surface area contributed by atoms with Gasteiger partial charge in [0.15, 0.2) is 0 Å². The van der Waals surface area contributed by atoms with Crippen LogP contribution in [0, 0.1) is 56.7 Å². The third kappa shape index (κ3) is 6.83. The number of rotatable bonds is 14. The number of allylic oxidation sites excluding steroid dienone is 1. The third-order valence-corrected chi connectivity index (χ3v) is 16.3. The maximum Gasteiger partial charge on any atom is 0.306 e. The molecule has 5 N–H and O–H groups in total. The van der Waals surface area contributed by atoms with Gasteiger partial charge in [-0.25, -0.2) is 0 Å². The summed E-state index contributed by atoms with van der Waals surface area (Å²) in [5, 5.41) is 35.4. The van der Waals surface area contributed by atoms with Crippen LogP contribution < -0.4 is 10.6 Å². The van der Waals surface area contributed by atoms with Crippen LogP contribution in [-0.4, -0.2) is 58.4 Å². The molecule has 0 radical (unpaired) electrons. The summed E-state index contributed by atoms with van der Waals surface area (Å²) < 4.78 is 0. The summed E-state index contributed by atoms with van der Waals surface area (Å²) in [5.74, 6) is 1.51. The van der Waals surface area contributed by atoms with Gasteiger partial charge >= 0.3 is 5.97 Å². The number of hydrogen-bond donors (Lipinski definition) is 5. The minimum atomic E-state index is -1.08. The first-order valence-electron chi connectivity index (χ1n) is 20.2. The molecule has 0 heterocycles. The van der Waals surface area contributed by atoms with Crippen molar-refractivity contribution in [1.29, 1.82) is 0 Å². The van der Waals surface area contributed by atoms with Gasteiger partial charge in [0.05, 0.1) is 24.0 Å². The highest BCUT2D eigenvalue weighted by Crippen LogP contribution is 2.77. The molecule has 5 saturated carbocycles. The maximum atomic E-state index is 14.4. The minimum absolute atomic E-state index is 0.0375. The molecule has 0 aromatic heterocycles. The van der Waals surface area contributed by atoms with Crippen molar-refractivity contribution in [3.05, 3.63) is 12.2 Å². The van der Waals surface area contributed by atoms with Crippen LogP contribution in [-0.2, 0) is 14.4 Å². The molecule has 2 amide bonds. The van der Waals surface area contributed by atoms with Gasteiger partial charge < -0.3 is 26.0 Å². The Hall–Kier alpha value is -1.93. The Balaban J connectivity index is 1.17. The molecule has 0 aromatic rings. The number of hydrogen-bond acceptors (Lipinski definition) is 5. The third-order valence-electron chi connectivity index (χ3n) is 16.3. The SMILES string of the molecule is C=C(C)[C@@H]1CC[C@]2(C(=O)NCCCCCCCC(=O)NCC(O)CC(=O)O)CC[C@]3(C)[C@H](CC[C@@H]4[C@@]5(C)CC[C@H](O)C(C)(C)[C@@H]5CC[C@]43C)[C@@H]12. The molecule has 11 atom stereocenters. The average Bonchev–Trinajstić information content (AvgIpc) is 3.44. The molecule has 0 saturated heterocycles. The molecule has 5 fully saturated rings. The van der Waals surface area contributed by atoms with Crippen LogP contribution in [0.25, 0.3) is 0 Å². The van der Waals surface area contributed by atoms with E-state index in [1.165, 1.54) is 31.3 Å². The van der Waals surface area contributed by atoms with Crippen molar-refractivity contribution < 1.29 is 29.7 Å². The summed E-state index contributed by atoms with van der Waals surface area (Å²) in [7, 11) is 0. The number of carbonyl (C=O) groups is 3. The summed E-state index contributed by atoms with van der Waals surface area (Å²) in [6, 6.07) is 0. The van der Waals surface area contributed by atoms with E-state index in [9.17, 15) is 24.6 Å². The van der Waals surface area contributed by atoms with Crippen LogP contribution in [0.5, 0.6) is 0 Å². The highest BCUT2D eigenvalue weighted by Gasteiger charge is 2.71. The zero-order chi connectivity index (χ0) is 36.7. The van der Waals surface area contributed by atoms with Crippen molar-refractivity contribution in [2.45, 2.75) is 163 Å². The number of aliphatic hydroxyl groups is 2. The Labute approximate surface area is 302 Å². The average molecular weight is 699 g/mol. The first-order chi connectivity index (χ1) is 23.4. The molecular formula is C42H70N2O6. The first kappa shape index (κ1) is 39.3. The van der Waals surface area contributed by atoms with Gasteiger partial charge in [0.25, 0.3) is 0 Å². The minimum Gasteiger partial charge on any atom is -0.481 e. The first-order valence-corrected chi connectivity index (χ1v) is 20.2. The van der Waals surface area contributed by atoms with E-state index < -0.39 is 12.1 Å². The molecule has 1 unspecified atom stereocenters. The molecule has 0 spiro atoms. The van der Waals surface area contributed by atoms with Crippen molar-refractivity contribution in [3.63, 3.8) is 0 Å². The van der Waals surface area contributed by atoms with Crippen LogP contribution in [0.4, 0.5) is 0 Å². The quantitative estimate of drug-likeness (QED) is 0.0947. The topological polar surface area (TPSA) is 136 Å². The van der Waals surface area contributed by atoms with Gasteiger partial charge in [0, 0.05) is 19.5 Å². The number of nitrogens with one attached hydrogen (secondary N) is 2. The number of amides is 2. The van der Waals surface area contributed by atoms with E-state index in [4.69, 9.17) is 5.11 Å². The lowest BCUT2D eigenvalue weighted by atomic mass is 9.32. The monoisotopic (exact) mass is 699 g/mol. The number of carboxylic acid groups (broad SMARTS) is 1. The zero-order valence-corrected chi connectivity index (χ0v) is 32.2. The predicted octanol–water partition coefficient (Wildman–Crippen LogP) is 7.41. The lowest BCUT2D eigenvalue weighted by Gasteiger charge is -2.72. The number of fused-ring (bicyclic) bond motifs is 7. The fourth-order valence-electron chi connectivity index (χ4n) is 13.4. The van der Waals surface area contributed by atoms with Crippen LogP contribution in [0.15, 0.2) is 12.2 Å². The van der Waals surface area contributed by atoms with Gasteiger partial charge in [-0.2, -0.15) is 0 Å². The maximum absolute atomic E-state index is 14.4. The Morgan fingerprint density at radius 3 is 2.20 bits per heavy atom. The number of carbonyl (C=O) groups excluding carboxylic acids is 2. The summed E-state index contributed by atoms with van der Waals surface area (Å²) in [6.45, 7) is 19.8. The Bertz CT molecular complexity index is 1280. The molecule has 5 rings (SSSR count). The fourth-order valence-corrected chi connectivity index (χ4v) is 13.4. The standard InChI is InChI=1S/C42H70N2O6/c1-27(2)29-16-21-42(37(50)43-24-12-10-8-9-11-13-34(47)44-26-28(45)25-35(48)49)23-22-40(6)30(36(29)42)14-15-32-39(5)19-18-33(46)38(3,4)31(39)17-20-41(32,40)7/h28-33,36,45-46H,1,8-26H2,2-7H3,(H,43,50)(H,44,47)(H,48,49)/t28?,29-,30+,31-,32+,33-,36+,39-,40+,41+,42-/m0/s1. The van der Waals surface area contributed by atoms with Crippen molar-refractivity contribution in [3.8, 4) is 0 Å². The van der Waals surface area contributed by atoms with E-state index in [0.717, 1.165) is 70.6 Å². The predicted molar refractivity (Wildman–Crippen MR) is 197 cm³/mol. The lowest BCUT2D eigenvalue weighted by molar-refractivity contribution is -0.246. The van der Waals surface area contributed by atoms with Gasteiger partial charge in [-0.1, -0.05) is 66.0 Å². The highest BCUT2D eigenvalue weighted by atomic mass is 16.4. The molecule has 0 aromatic carbocycles. The van der Waals surface area contributed by atoms with E-state index in [1.54, 1.807) is 0 Å². The molecule has 5 aliphatic rings. The summed E-state index contributed by atoms with van der Waals surface area (Å²) in [5.41, 5.74) is 1.57. The smallest absolute Gasteiger partial charge is 0.306 e. The highest BCUT2D eigenvalue weighted by molar-refractivity contribution is 5.84. The van der Waals surface area contributed by atoms with Gasteiger partial charge in [0.1, 0.15) is 0 Å². The molecule has 5 aliphatic carbocycles. The molecule has 284 valence electrons. The van der Waals surface area contributed by atoms with Crippen LogP contribution in [0.2, 0.25) is 0 Å². The summed E-state index contributed by atoms with van der Waals surface area (Å²) in [6.07, 6.45) is 14.3. The second kappa shape index (κ2) is 14.8. The molecule has 8 nitrogen and oxygen atoms in total. The van der Waals surface area contributed by atoms with E-state index in [1.807, 2.05) is 0 Å². The van der Waals surface area contributed by atoms with Gasteiger partial charge in [0.2, 0.25) is 11.8 Å². The van der Waals surface area contributed by atoms with E-state index >= 15 is 0 Å². The van der Waals surface area contributed by atoms with E-state index in [-0.39, 0.29) is 58.0 Å². The zero-order valence-electron chi connectivity index (χ0n) is 32.2. The number of aliphatic hydroxyl groups excluding tert-OH is 2. The second-order valence-corrected chi connectivity index (χ2v) is 19.0. The normalized spacial score (nSPS) is 40.7. The summed E-state index contributed by atoms with van der Waals surface area (Å²) >= 11 is 0. The van der Waals surface area contributed by atoms with Gasteiger partial charge in [-0.15, -0.1) is 0 Å². The Morgan fingerprint density at radius 2 is 1.50 bits per heavy atom. The Kier molecular flexibility index (Phi) is 11.7. The second-order valence-electron chi connectivity index (χ2n) is 19.0. The van der Waals surface area contributed by atoms with E-state index in [0.29, 0.717) is 42.6 Å². The largest absolute Gasteiger partial charge is 0.481 e. The van der Waals surface area contributed by atoms with Crippen LogP contribution in [0.1, 0.15) is 151 Å². The van der Waals surface area contributed by atoms with Crippen LogP contribution >= 0.6 is 0 Å². The van der Waals surface area contributed by atoms with Crippen molar-refractivity contribution >= 4 is 17.8 Å². The molecule has 0 bridgehead atoms. The lowest BCUT2D eigenvalue weighted by Crippen LogP contribution is -2.67. The number of unbranched alkanes of at least 4 members (excludes halogenated alkanes) is 4. The van der Waals surface area contributed by atoms with Crippen molar-refractivity contribution in [1.82, 2.24) is 10.6 Å².